The van der Waals surface area contributed by atoms with E-state index in [4.69, 9.17) is 5.73 Å². The van der Waals surface area contributed by atoms with E-state index < -0.39 is 0 Å². The van der Waals surface area contributed by atoms with E-state index in [0.717, 1.165) is 5.25 Å². The third kappa shape index (κ3) is 2.63. The standard InChI is InChI=1S/C11H21NS/c12-11(6-3-7-11)8-5-10-4-1-2-9-13-10/h10H,1-9,12H2. The summed E-state index contributed by atoms with van der Waals surface area (Å²) in [5.74, 6) is 1.39. The molecule has 1 nitrogen and oxygen atoms in total. The summed E-state index contributed by atoms with van der Waals surface area (Å²) < 4.78 is 0. The molecule has 1 aliphatic carbocycles. The fraction of sp³-hybridized carbons (Fsp3) is 1.00. The normalized spacial score (nSPS) is 32.5. The molecule has 0 amide bonds. The van der Waals surface area contributed by atoms with Gasteiger partial charge < -0.3 is 5.73 Å². The Labute approximate surface area is 85.8 Å². The summed E-state index contributed by atoms with van der Waals surface area (Å²) in [7, 11) is 0. The van der Waals surface area contributed by atoms with E-state index in [9.17, 15) is 0 Å². The Bertz CT molecular complexity index is 159. The first-order chi connectivity index (χ1) is 6.29. The summed E-state index contributed by atoms with van der Waals surface area (Å²) in [4.78, 5) is 0. The van der Waals surface area contributed by atoms with E-state index in [-0.39, 0.29) is 5.54 Å². The van der Waals surface area contributed by atoms with Crippen molar-refractivity contribution in [3.63, 3.8) is 0 Å². The number of rotatable bonds is 3. The highest BCUT2D eigenvalue weighted by atomic mass is 32.2. The molecule has 2 N–H and O–H groups in total. The molecule has 1 atom stereocenters. The average molecular weight is 199 g/mol. The van der Waals surface area contributed by atoms with Gasteiger partial charge in [0.05, 0.1) is 0 Å². The molecule has 1 unspecified atom stereocenters. The zero-order valence-corrected chi connectivity index (χ0v) is 9.24. The first kappa shape index (κ1) is 9.85. The zero-order valence-electron chi connectivity index (χ0n) is 8.43. The third-order valence-corrected chi connectivity index (χ3v) is 5.05. The molecular weight excluding hydrogens is 178 g/mol. The van der Waals surface area contributed by atoms with Gasteiger partial charge in [-0.05, 0) is 50.7 Å². The molecule has 2 fully saturated rings. The van der Waals surface area contributed by atoms with Crippen molar-refractivity contribution in [1.29, 1.82) is 0 Å². The van der Waals surface area contributed by atoms with Gasteiger partial charge in [-0.25, -0.2) is 0 Å². The fourth-order valence-corrected chi connectivity index (χ4v) is 3.69. The van der Waals surface area contributed by atoms with Crippen molar-refractivity contribution >= 4 is 11.8 Å². The minimum Gasteiger partial charge on any atom is -0.325 e. The molecule has 1 heterocycles. The molecule has 0 aromatic carbocycles. The summed E-state index contributed by atoms with van der Waals surface area (Å²) in [5.41, 5.74) is 6.47. The predicted octanol–water partition coefficient (Wildman–Crippen LogP) is 2.93. The van der Waals surface area contributed by atoms with Crippen molar-refractivity contribution in [1.82, 2.24) is 0 Å². The van der Waals surface area contributed by atoms with E-state index in [1.165, 1.54) is 57.1 Å². The van der Waals surface area contributed by atoms with Crippen LogP contribution in [0.15, 0.2) is 0 Å². The van der Waals surface area contributed by atoms with Crippen LogP contribution in [0, 0.1) is 0 Å². The van der Waals surface area contributed by atoms with Gasteiger partial charge in [0.25, 0.3) is 0 Å². The Balaban J connectivity index is 1.66. The van der Waals surface area contributed by atoms with Gasteiger partial charge in [0, 0.05) is 10.8 Å². The highest BCUT2D eigenvalue weighted by Crippen LogP contribution is 2.36. The van der Waals surface area contributed by atoms with Gasteiger partial charge in [-0.15, -0.1) is 0 Å². The van der Waals surface area contributed by atoms with Crippen molar-refractivity contribution in [2.75, 3.05) is 5.75 Å². The molecule has 0 aromatic heterocycles. The van der Waals surface area contributed by atoms with Crippen LogP contribution in [0.25, 0.3) is 0 Å². The van der Waals surface area contributed by atoms with Crippen LogP contribution >= 0.6 is 11.8 Å². The van der Waals surface area contributed by atoms with Crippen molar-refractivity contribution < 1.29 is 0 Å². The second-order valence-electron chi connectivity index (χ2n) is 4.74. The molecular formula is C11H21NS. The molecule has 0 bridgehead atoms. The molecule has 0 radical (unpaired) electrons. The monoisotopic (exact) mass is 199 g/mol. The van der Waals surface area contributed by atoms with Crippen LogP contribution in [0.5, 0.6) is 0 Å². The maximum atomic E-state index is 6.21. The summed E-state index contributed by atoms with van der Waals surface area (Å²) in [6.07, 6.45) is 10.9. The topological polar surface area (TPSA) is 26.0 Å². The lowest BCUT2D eigenvalue weighted by Crippen LogP contribution is -2.46. The molecule has 13 heavy (non-hydrogen) atoms. The maximum Gasteiger partial charge on any atom is 0.0154 e. The van der Waals surface area contributed by atoms with Crippen LogP contribution in [0.4, 0.5) is 0 Å². The smallest absolute Gasteiger partial charge is 0.0154 e. The molecule has 2 aliphatic rings. The summed E-state index contributed by atoms with van der Waals surface area (Å²) in [6.45, 7) is 0. The minimum absolute atomic E-state index is 0.262. The molecule has 0 aromatic rings. The number of thioether (sulfide) groups is 1. The van der Waals surface area contributed by atoms with Crippen LogP contribution in [0.3, 0.4) is 0 Å². The summed E-state index contributed by atoms with van der Waals surface area (Å²) in [5, 5.41) is 0.940. The van der Waals surface area contributed by atoms with E-state index in [1.54, 1.807) is 0 Å². The van der Waals surface area contributed by atoms with Crippen LogP contribution in [-0.2, 0) is 0 Å². The quantitative estimate of drug-likeness (QED) is 0.756. The Morgan fingerprint density at radius 2 is 2.08 bits per heavy atom. The van der Waals surface area contributed by atoms with Gasteiger partial charge in [-0.1, -0.05) is 6.42 Å². The van der Waals surface area contributed by atoms with Crippen molar-refractivity contribution in [2.45, 2.75) is 62.2 Å². The van der Waals surface area contributed by atoms with Crippen LogP contribution in [0.1, 0.15) is 51.4 Å². The second-order valence-corrected chi connectivity index (χ2v) is 6.15. The molecule has 1 saturated heterocycles. The lowest BCUT2D eigenvalue weighted by atomic mass is 9.74. The molecule has 2 heteroatoms. The van der Waals surface area contributed by atoms with Gasteiger partial charge in [-0.3, -0.25) is 0 Å². The minimum atomic E-state index is 0.262. The zero-order chi connectivity index (χ0) is 9.15. The lowest BCUT2D eigenvalue weighted by Gasteiger charge is -2.39. The Morgan fingerprint density at radius 1 is 1.23 bits per heavy atom. The average Bonchev–Trinajstić information content (AvgIpc) is 2.13. The fourth-order valence-electron chi connectivity index (χ4n) is 2.36. The Kier molecular flexibility index (Phi) is 3.20. The third-order valence-electron chi connectivity index (χ3n) is 3.59. The van der Waals surface area contributed by atoms with E-state index in [2.05, 4.69) is 11.8 Å². The number of hydrogen-bond donors (Lipinski definition) is 1. The second kappa shape index (κ2) is 4.22. The Morgan fingerprint density at radius 3 is 2.62 bits per heavy atom. The van der Waals surface area contributed by atoms with Gasteiger partial charge in [-0.2, -0.15) is 11.8 Å². The molecule has 1 saturated carbocycles. The van der Waals surface area contributed by atoms with Crippen LogP contribution in [-0.4, -0.2) is 16.5 Å². The molecule has 1 aliphatic heterocycles. The van der Waals surface area contributed by atoms with E-state index >= 15 is 0 Å². The van der Waals surface area contributed by atoms with E-state index in [1.807, 2.05) is 0 Å². The van der Waals surface area contributed by atoms with Crippen molar-refractivity contribution in [3.05, 3.63) is 0 Å². The molecule has 2 rings (SSSR count). The van der Waals surface area contributed by atoms with Crippen molar-refractivity contribution in [3.8, 4) is 0 Å². The largest absolute Gasteiger partial charge is 0.325 e. The Hall–Kier alpha value is 0.310. The summed E-state index contributed by atoms with van der Waals surface area (Å²) >= 11 is 2.18. The van der Waals surface area contributed by atoms with E-state index in [0.29, 0.717) is 0 Å². The summed E-state index contributed by atoms with van der Waals surface area (Å²) in [6, 6.07) is 0. The van der Waals surface area contributed by atoms with Crippen LogP contribution < -0.4 is 5.73 Å². The van der Waals surface area contributed by atoms with Gasteiger partial charge in [0.1, 0.15) is 0 Å². The maximum absolute atomic E-state index is 6.21. The number of nitrogens with two attached hydrogens (primary N) is 1. The molecule has 0 spiro atoms. The number of hydrogen-bond acceptors (Lipinski definition) is 2. The lowest BCUT2D eigenvalue weighted by molar-refractivity contribution is 0.225. The SMILES string of the molecule is NC1(CCC2CCCCS2)CCC1. The van der Waals surface area contributed by atoms with Crippen molar-refractivity contribution in [2.24, 2.45) is 5.73 Å². The van der Waals surface area contributed by atoms with Gasteiger partial charge in [0.15, 0.2) is 0 Å². The van der Waals surface area contributed by atoms with Gasteiger partial charge >= 0.3 is 0 Å². The first-order valence-electron chi connectivity index (χ1n) is 5.69. The van der Waals surface area contributed by atoms with Crippen LogP contribution in [0.2, 0.25) is 0 Å². The molecule has 76 valence electrons. The predicted molar refractivity (Wildman–Crippen MR) is 60.1 cm³/mol. The van der Waals surface area contributed by atoms with Gasteiger partial charge in [0.2, 0.25) is 0 Å². The highest BCUT2D eigenvalue weighted by Gasteiger charge is 2.32. The highest BCUT2D eigenvalue weighted by molar-refractivity contribution is 7.99. The first-order valence-corrected chi connectivity index (χ1v) is 6.74.